The Bertz CT molecular complexity index is 1270. The molecule has 192 valence electrons. The van der Waals surface area contributed by atoms with E-state index in [1.165, 1.54) is 30.6 Å². The number of amides is 1. The first-order valence-electron chi connectivity index (χ1n) is 11.5. The SMILES string of the molecule is COc1ccc(S(=O)(=O)C(Nc2c(CN3CCN(C)CC3)cccc2C(=O)NO)c2ccsc2)cc1. The second-order valence-electron chi connectivity index (χ2n) is 8.66. The van der Waals surface area contributed by atoms with Crippen LogP contribution in [0.2, 0.25) is 0 Å². The van der Waals surface area contributed by atoms with Crippen molar-refractivity contribution >= 4 is 32.8 Å². The molecular formula is C25H30N4O5S2. The van der Waals surface area contributed by atoms with Gasteiger partial charge in [0.2, 0.25) is 9.84 Å². The molecule has 1 saturated heterocycles. The van der Waals surface area contributed by atoms with Gasteiger partial charge in [0, 0.05) is 38.3 Å². The number of ether oxygens (including phenoxy) is 1. The minimum absolute atomic E-state index is 0.122. The summed E-state index contributed by atoms with van der Waals surface area (Å²) >= 11 is 1.39. The summed E-state index contributed by atoms with van der Waals surface area (Å²) in [6.07, 6.45) is 0. The summed E-state index contributed by atoms with van der Waals surface area (Å²) < 4.78 is 32.9. The molecule has 0 aliphatic carbocycles. The Balaban J connectivity index is 1.76. The first-order chi connectivity index (χ1) is 17.3. The highest BCUT2D eigenvalue weighted by molar-refractivity contribution is 7.91. The lowest BCUT2D eigenvalue weighted by atomic mass is 10.0. The molecule has 3 N–H and O–H groups in total. The zero-order chi connectivity index (χ0) is 25.7. The van der Waals surface area contributed by atoms with Crippen molar-refractivity contribution in [2.24, 2.45) is 0 Å². The summed E-state index contributed by atoms with van der Waals surface area (Å²) in [4.78, 5) is 17.2. The Kier molecular flexibility index (Phi) is 8.27. The molecule has 1 aliphatic rings. The van der Waals surface area contributed by atoms with Crippen molar-refractivity contribution in [3.8, 4) is 5.75 Å². The lowest BCUT2D eigenvalue weighted by Crippen LogP contribution is -2.44. The fourth-order valence-electron chi connectivity index (χ4n) is 4.20. The Morgan fingerprint density at radius 3 is 2.44 bits per heavy atom. The van der Waals surface area contributed by atoms with Crippen LogP contribution in [0.5, 0.6) is 5.75 Å². The van der Waals surface area contributed by atoms with Crippen LogP contribution in [0.3, 0.4) is 0 Å². The second kappa shape index (κ2) is 11.4. The van der Waals surface area contributed by atoms with E-state index < -0.39 is 21.1 Å². The number of methoxy groups -OCH3 is 1. The maximum Gasteiger partial charge on any atom is 0.276 e. The summed E-state index contributed by atoms with van der Waals surface area (Å²) in [6, 6.07) is 13.1. The predicted molar refractivity (Wildman–Crippen MR) is 139 cm³/mol. The molecule has 0 radical (unpaired) electrons. The summed E-state index contributed by atoms with van der Waals surface area (Å²) in [5.41, 5.74) is 3.55. The van der Waals surface area contributed by atoms with Crippen LogP contribution in [0.15, 0.2) is 64.2 Å². The van der Waals surface area contributed by atoms with Gasteiger partial charge in [-0.3, -0.25) is 14.9 Å². The highest BCUT2D eigenvalue weighted by Crippen LogP contribution is 2.35. The molecule has 1 aliphatic heterocycles. The number of hydroxylamine groups is 1. The Morgan fingerprint density at radius 2 is 1.83 bits per heavy atom. The number of hydrogen-bond donors (Lipinski definition) is 3. The van der Waals surface area contributed by atoms with E-state index in [1.54, 1.807) is 41.2 Å². The molecule has 2 aromatic carbocycles. The molecule has 9 nitrogen and oxygen atoms in total. The molecule has 1 unspecified atom stereocenters. The minimum atomic E-state index is -3.93. The Morgan fingerprint density at radius 1 is 1.11 bits per heavy atom. The van der Waals surface area contributed by atoms with E-state index in [2.05, 4.69) is 22.2 Å². The third kappa shape index (κ3) is 5.71. The van der Waals surface area contributed by atoms with E-state index in [-0.39, 0.29) is 10.5 Å². The molecule has 11 heteroatoms. The van der Waals surface area contributed by atoms with E-state index in [4.69, 9.17) is 4.74 Å². The molecule has 1 aromatic heterocycles. The number of anilines is 1. The van der Waals surface area contributed by atoms with Gasteiger partial charge in [-0.2, -0.15) is 11.3 Å². The van der Waals surface area contributed by atoms with Gasteiger partial charge >= 0.3 is 0 Å². The summed E-state index contributed by atoms with van der Waals surface area (Å²) in [6.45, 7) is 4.07. The van der Waals surface area contributed by atoms with Crippen LogP contribution in [0, 0.1) is 0 Å². The van der Waals surface area contributed by atoms with Crippen LogP contribution in [0.4, 0.5) is 5.69 Å². The number of hydrogen-bond acceptors (Lipinski definition) is 9. The third-order valence-corrected chi connectivity index (χ3v) is 8.95. The lowest BCUT2D eigenvalue weighted by Gasteiger charge is -2.33. The summed E-state index contributed by atoms with van der Waals surface area (Å²) in [5.74, 6) is -0.169. The Labute approximate surface area is 215 Å². The maximum atomic E-state index is 13.9. The highest BCUT2D eigenvalue weighted by atomic mass is 32.2. The van der Waals surface area contributed by atoms with Crippen molar-refractivity contribution in [1.82, 2.24) is 15.3 Å². The molecular weight excluding hydrogens is 500 g/mol. The number of carbonyl (C=O) groups excluding carboxylic acids is 1. The van der Waals surface area contributed by atoms with E-state index in [9.17, 15) is 18.4 Å². The molecule has 4 rings (SSSR count). The fourth-order valence-corrected chi connectivity index (χ4v) is 6.53. The molecule has 0 spiro atoms. The van der Waals surface area contributed by atoms with Gasteiger partial charge in [-0.25, -0.2) is 13.9 Å². The van der Waals surface area contributed by atoms with Gasteiger partial charge in [0.15, 0.2) is 5.37 Å². The number of sulfone groups is 1. The first-order valence-corrected chi connectivity index (χ1v) is 14.0. The van der Waals surface area contributed by atoms with Gasteiger partial charge in [-0.05, 0) is 59.8 Å². The van der Waals surface area contributed by atoms with Crippen molar-refractivity contribution in [3.05, 3.63) is 76.0 Å². The average Bonchev–Trinajstić information content (AvgIpc) is 3.43. The molecule has 2 heterocycles. The Hall–Kier alpha value is -2.96. The van der Waals surface area contributed by atoms with Gasteiger partial charge in [-0.15, -0.1) is 0 Å². The maximum absolute atomic E-state index is 13.9. The van der Waals surface area contributed by atoms with Crippen molar-refractivity contribution in [2.45, 2.75) is 16.8 Å². The van der Waals surface area contributed by atoms with E-state index >= 15 is 0 Å². The van der Waals surface area contributed by atoms with Crippen LogP contribution >= 0.6 is 11.3 Å². The van der Waals surface area contributed by atoms with Crippen LogP contribution < -0.4 is 15.5 Å². The van der Waals surface area contributed by atoms with Gasteiger partial charge in [0.1, 0.15) is 5.75 Å². The lowest BCUT2D eigenvalue weighted by molar-refractivity contribution is 0.0707. The van der Waals surface area contributed by atoms with Crippen LogP contribution in [-0.4, -0.2) is 69.7 Å². The van der Waals surface area contributed by atoms with Crippen molar-refractivity contribution in [2.75, 3.05) is 45.7 Å². The molecule has 1 fully saturated rings. The van der Waals surface area contributed by atoms with Crippen molar-refractivity contribution < 1.29 is 23.2 Å². The van der Waals surface area contributed by atoms with Crippen LogP contribution in [-0.2, 0) is 16.4 Å². The smallest absolute Gasteiger partial charge is 0.276 e. The number of nitrogens with one attached hydrogen (secondary N) is 2. The second-order valence-corrected chi connectivity index (χ2v) is 11.5. The van der Waals surface area contributed by atoms with Gasteiger partial charge in [-0.1, -0.05) is 12.1 Å². The largest absolute Gasteiger partial charge is 0.497 e. The van der Waals surface area contributed by atoms with Crippen molar-refractivity contribution in [1.29, 1.82) is 0 Å². The molecule has 0 bridgehead atoms. The molecule has 1 atom stereocenters. The predicted octanol–water partition coefficient (Wildman–Crippen LogP) is 3.21. The highest BCUT2D eigenvalue weighted by Gasteiger charge is 2.32. The van der Waals surface area contributed by atoms with Gasteiger partial charge < -0.3 is 15.0 Å². The monoisotopic (exact) mass is 530 g/mol. The number of thiophene rings is 1. The van der Waals surface area contributed by atoms with Gasteiger partial charge in [0.25, 0.3) is 5.91 Å². The number of rotatable bonds is 9. The van der Waals surface area contributed by atoms with Crippen molar-refractivity contribution in [3.63, 3.8) is 0 Å². The number of piperazine rings is 1. The molecule has 1 amide bonds. The first kappa shape index (κ1) is 26.1. The standard InChI is InChI=1S/C25H30N4O5S2/c1-28-11-13-29(14-12-28)16-18-4-3-5-22(24(30)27-31)23(18)26-25(19-10-15-35-17-19)36(32,33)21-8-6-20(34-2)7-9-21/h3-10,15,17,25-26,31H,11-14,16H2,1-2H3,(H,27,30). The summed E-state index contributed by atoms with van der Waals surface area (Å²) in [7, 11) is -0.334. The number of nitrogens with zero attached hydrogens (tertiary/aromatic N) is 2. The fraction of sp³-hybridized carbons (Fsp3) is 0.320. The van der Waals surface area contributed by atoms with E-state index in [1.807, 2.05) is 11.4 Å². The summed E-state index contributed by atoms with van der Waals surface area (Å²) in [5, 5.41) is 15.0. The minimum Gasteiger partial charge on any atom is -0.497 e. The van der Waals surface area contributed by atoms with E-state index in [0.29, 0.717) is 23.5 Å². The number of benzene rings is 2. The average molecular weight is 531 g/mol. The van der Waals surface area contributed by atoms with Crippen LogP contribution in [0.25, 0.3) is 0 Å². The van der Waals surface area contributed by atoms with Crippen LogP contribution in [0.1, 0.15) is 26.9 Å². The van der Waals surface area contributed by atoms with E-state index in [0.717, 1.165) is 31.7 Å². The third-order valence-electron chi connectivity index (χ3n) is 6.31. The number of carbonyl (C=O) groups is 1. The number of likely N-dealkylation sites (N-methyl/N-ethyl adjacent to an activating group) is 1. The zero-order valence-corrected chi connectivity index (χ0v) is 21.8. The topological polar surface area (TPSA) is 111 Å². The number of para-hydroxylation sites is 1. The normalized spacial score (nSPS) is 15.9. The molecule has 0 saturated carbocycles. The molecule has 36 heavy (non-hydrogen) atoms. The molecule has 3 aromatic rings. The van der Waals surface area contributed by atoms with Gasteiger partial charge in [0.05, 0.1) is 23.3 Å². The quantitative estimate of drug-likeness (QED) is 0.286. The zero-order valence-electron chi connectivity index (χ0n) is 20.2.